The lowest BCUT2D eigenvalue weighted by atomic mass is 10.1. The third kappa shape index (κ3) is 2.59. The van der Waals surface area contributed by atoms with Gasteiger partial charge in [-0.2, -0.15) is 0 Å². The van der Waals surface area contributed by atoms with E-state index < -0.39 is 0 Å². The van der Waals surface area contributed by atoms with Crippen molar-refractivity contribution in [2.45, 2.75) is 13.5 Å². The molecule has 0 aliphatic rings. The third-order valence-corrected chi connectivity index (χ3v) is 3.50. The van der Waals surface area contributed by atoms with Crippen LogP contribution in [0.3, 0.4) is 0 Å². The fraction of sp³-hybridized carbons (Fsp3) is 0.111. The van der Waals surface area contributed by atoms with E-state index in [1.54, 1.807) is 0 Å². The van der Waals surface area contributed by atoms with E-state index in [1.807, 2.05) is 19.1 Å². The third-order valence-electron chi connectivity index (χ3n) is 3.50. The molecule has 0 saturated carbocycles. The van der Waals surface area contributed by atoms with Gasteiger partial charge in [-0.1, -0.05) is 42.5 Å². The van der Waals surface area contributed by atoms with Crippen molar-refractivity contribution in [1.82, 2.24) is 0 Å². The number of hydrogen-bond acceptors (Lipinski definition) is 2. The summed E-state index contributed by atoms with van der Waals surface area (Å²) in [6.45, 7) is 2.82. The van der Waals surface area contributed by atoms with Crippen LogP contribution in [0.5, 0.6) is 0 Å². The topological polar surface area (TPSA) is 38.0 Å². The fourth-order valence-corrected chi connectivity index (χ4v) is 2.39. The van der Waals surface area contributed by atoms with E-state index in [0.29, 0.717) is 0 Å². The molecule has 0 fully saturated rings. The van der Waals surface area contributed by atoms with Crippen molar-refractivity contribution in [3.05, 3.63) is 71.8 Å². The molecule has 100 valence electrons. The molecule has 0 radical (unpaired) electrons. The molecule has 3 aromatic rings. The summed E-state index contributed by atoms with van der Waals surface area (Å²) in [6, 6.07) is 21.0. The van der Waals surface area contributed by atoms with Gasteiger partial charge in [0.1, 0.15) is 0 Å². The van der Waals surface area contributed by atoms with Gasteiger partial charge in [0.2, 0.25) is 0 Å². The number of hydrogen-bond donors (Lipinski definition) is 2. The van der Waals surface area contributed by atoms with Crippen molar-refractivity contribution in [2.24, 2.45) is 0 Å². The van der Waals surface area contributed by atoms with Gasteiger partial charge in [0, 0.05) is 6.54 Å². The molecule has 0 spiro atoms. The lowest BCUT2D eigenvalue weighted by molar-refractivity contribution is 1.15. The van der Waals surface area contributed by atoms with Gasteiger partial charge < -0.3 is 11.1 Å². The number of nitrogens with one attached hydrogen (secondary N) is 1. The highest BCUT2D eigenvalue weighted by Crippen LogP contribution is 2.21. The number of benzene rings is 3. The minimum Gasteiger partial charge on any atom is -0.397 e. The first-order valence-electron chi connectivity index (χ1n) is 6.80. The SMILES string of the molecule is Cc1ccc(NCc2ccc3ccccc3c2)c(N)c1. The zero-order valence-electron chi connectivity index (χ0n) is 11.6. The van der Waals surface area contributed by atoms with Crippen LogP contribution in [0, 0.1) is 6.92 Å². The lowest BCUT2D eigenvalue weighted by Crippen LogP contribution is -2.02. The van der Waals surface area contributed by atoms with E-state index in [1.165, 1.54) is 21.9 Å². The number of aryl methyl sites for hydroxylation is 1. The normalized spacial score (nSPS) is 10.7. The second-order valence-electron chi connectivity index (χ2n) is 5.13. The molecule has 0 heterocycles. The van der Waals surface area contributed by atoms with Gasteiger partial charge in [0.15, 0.2) is 0 Å². The Kier molecular flexibility index (Phi) is 3.30. The van der Waals surface area contributed by atoms with E-state index in [9.17, 15) is 0 Å². The first-order chi connectivity index (χ1) is 9.72. The predicted molar refractivity (Wildman–Crippen MR) is 86.9 cm³/mol. The largest absolute Gasteiger partial charge is 0.397 e. The number of rotatable bonds is 3. The Hall–Kier alpha value is -2.48. The maximum atomic E-state index is 6.01. The van der Waals surface area contributed by atoms with Gasteiger partial charge in [-0.15, -0.1) is 0 Å². The molecule has 0 unspecified atom stereocenters. The van der Waals surface area contributed by atoms with Crippen molar-refractivity contribution in [3.8, 4) is 0 Å². The van der Waals surface area contributed by atoms with E-state index in [-0.39, 0.29) is 0 Å². The summed E-state index contributed by atoms with van der Waals surface area (Å²) in [5.41, 5.74) is 10.2. The maximum absolute atomic E-state index is 6.01. The smallest absolute Gasteiger partial charge is 0.0576 e. The molecule has 3 aromatic carbocycles. The Morgan fingerprint density at radius 2 is 1.70 bits per heavy atom. The van der Waals surface area contributed by atoms with Crippen LogP contribution in [0.25, 0.3) is 10.8 Å². The van der Waals surface area contributed by atoms with Crippen LogP contribution in [-0.2, 0) is 6.54 Å². The molecule has 2 nitrogen and oxygen atoms in total. The van der Waals surface area contributed by atoms with Crippen LogP contribution in [0.1, 0.15) is 11.1 Å². The molecule has 3 rings (SSSR count). The molecule has 2 heteroatoms. The summed E-state index contributed by atoms with van der Waals surface area (Å²) >= 11 is 0. The van der Waals surface area contributed by atoms with Crippen LogP contribution < -0.4 is 11.1 Å². The lowest BCUT2D eigenvalue weighted by Gasteiger charge is -2.10. The van der Waals surface area contributed by atoms with Crippen molar-refractivity contribution >= 4 is 22.1 Å². The van der Waals surface area contributed by atoms with Gasteiger partial charge in [0.25, 0.3) is 0 Å². The molecule has 0 aliphatic heterocycles. The molecule has 0 saturated heterocycles. The van der Waals surface area contributed by atoms with Crippen LogP contribution in [-0.4, -0.2) is 0 Å². The van der Waals surface area contributed by atoms with Crippen molar-refractivity contribution in [2.75, 3.05) is 11.1 Å². The Morgan fingerprint density at radius 1 is 0.900 bits per heavy atom. The zero-order chi connectivity index (χ0) is 13.9. The van der Waals surface area contributed by atoms with Crippen molar-refractivity contribution < 1.29 is 0 Å². The van der Waals surface area contributed by atoms with Crippen LogP contribution in [0.4, 0.5) is 11.4 Å². The summed E-state index contributed by atoms with van der Waals surface area (Å²) < 4.78 is 0. The van der Waals surface area contributed by atoms with Gasteiger partial charge in [-0.05, 0) is 47.0 Å². The Bertz CT molecular complexity index is 747. The van der Waals surface area contributed by atoms with E-state index in [2.05, 4.69) is 53.8 Å². The number of anilines is 2. The minimum absolute atomic E-state index is 0.776. The summed E-state index contributed by atoms with van der Waals surface area (Å²) in [5.74, 6) is 0. The highest BCUT2D eigenvalue weighted by atomic mass is 14.9. The Morgan fingerprint density at radius 3 is 2.50 bits per heavy atom. The molecule has 0 bridgehead atoms. The van der Waals surface area contributed by atoms with Crippen molar-refractivity contribution in [1.29, 1.82) is 0 Å². The molecule has 0 amide bonds. The van der Waals surface area contributed by atoms with Crippen LogP contribution in [0.15, 0.2) is 60.7 Å². The van der Waals surface area contributed by atoms with Gasteiger partial charge >= 0.3 is 0 Å². The zero-order valence-corrected chi connectivity index (χ0v) is 11.6. The summed E-state index contributed by atoms with van der Waals surface area (Å²) in [4.78, 5) is 0. The average Bonchev–Trinajstić information content (AvgIpc) is 2.46. The number of fused-ring (bicyclic) bond motifs is 1. The van der Waals surface area contributed by atoms with Gasteiger partial charge in [0.05, 0.1) is 11.4 Å². The predicted octanol–water partition coefficient (Wildman–Crippen LogP) is 4.34. The molecular weight excluding hydrogens is 244 g/mol. The van der Waals surface area contributed by atoms with E-state index in [0.717, 1.165) is 17.9 Å². The Labute approximate surface area is 119 Å². The molecule has 20 heavy (non-hydrogen) atoms. The van der Waals surface area contributed by atoms with Crippen LogP contribution in [0.2, 0.25) is 0 Å². The van der Waals surface area contributed by atoms with Crippen molar-refractivity contribution in [3.63, 3.8) is 0 Å². The van der Waals surface area contributed by atoms with E-state index in [4.69, 9.17) is 5.73 Å². The molecule has 3 N–H and O–H groups in total. The highest BCUT2D eigenvalue weighted by Gasteiger charge is 2.00. The van der Waals surface area contributed by atoms with E-state index >= 15 is 0 Å². The standard InChI is InChI=1S/C18H18N2/c1-13-6-9-18(17(19)10-13)20-12-14-7-8-15-4-2-3-5-16(15)11-14/h2-11,20H,12,19H2,1H3. The number of nitrogens with two attached hydrogens (primary N) is 1. The first kappa shape index (κ1) is 12.5. The summed E-state index contributed by atoms with van der Waals surface area (Å²) in [5, 5.41) is 5.93. The van der Waals surface area contributed by atoms with Crippen LogP contribution >= 0.6 is 0 Å². The quantitative estimate of drug-likeness (QED) is 0.689. The summed E-state index contributed by atoms with van der Waals surface area (Å²) in [6.07, 6.45) is 0. The fourth-order valence-electron chi connectivity index (χ4n) is 2.39. The maximum Gasteiger partial charge on any atom is 0.0576 e. The second kappa shape index (κ2) is 5.25. The highest BCUT2D eigenvalue weighted by molar-refractivity contribution is 5.83. The minimum atomic E-state index is 0.776. The molecule has 0 aliphatic carbocycles. The molecule has 0 aromatic heterocycles. The Balaban J connectivity index is 1.79. The first-order valence-corrected chi connectivity index (χ1v) is 6.80. The van der Waals surface area contributed by atoms with Gasteiger partial charge in [-0.3, -0.25) is 0 Å². The molecule has 0 atom stereocenters. The average molecular weight is 262 g/mol. The second-order valence-corrected chi connectivity index (χ2v) is 5.13. The molecular formula is C18H18N2. The monoisotopic (exact) mass is 262 g/mol. The van der Waals surface area contributed by atoms with Gasteiger partial charge in [-0.25, -0.2) is 0 Å². The number of nitrogen functional groups attached to an aromatic ring is 1. The summed E-state index contributed by atoms with van der Waals surface area (Å²) in [7, 11) is 0.